The van der Waals surface area contributed by atoms with E-state index in [-0.39, 0.29) is 5.97 Å². The maximum Gasteiger partial charge on any atom is 0.338 e. The maximum atomic E-state index is 11.9. The highest BCUT2D eigenvalue weighted by Crippen LogP contribution is 2.28. The maximum absolute atomic E-state index is 11.9. The number of carbonyl (C=O) groups excluding carboxylic acids is 1. The number of hydrogen-bond donors (Lipinski definition) is 1. The van der Waals surface area contributed by atoms with Gasteiger partial charge in [0.2, 0.25) is 0 Å². The Morgan fingerprint density at radius 1 is 1.43 bits per heavy atom. The Balaban J connectivity index is 2.17. The number of nitrogens with zero attached hydrogens (tertiary/aromatic N) is 2. The van der Waals surface area contributed by atoms with E-state index in [4.69, 9.17) is 10.5 Å². The average Bonchev–Trinajstić information content (AvgIpc) is 2.48. The lowest BCUT2D eigenvalue weighted by Crippen LogP contribution is -2.42. The molecule has 0 saturated carbocycles. The van der Waals surface area contributed by atoms with E-state index < -0.39 is 0 Å². The summed E-state index contributed by atoms with van der Waals surface area (Å²) in [5, 5.41) is 0. The van der Waals surface area contributed by atoms with E-state index in [2.05, 4.69) is 23.9 Å². The third kappa shape index (κ3) is 3.67. The molecule has 0 radical (unpaired) electrons. The van der Waals surface area contributed by atoms with Crippen molar-refractivity contribution < 1.29 is 9.53 Å². The Labute approximate surface area is 126 Å². The SMILES string of the molecule is CCOC(=O)c1ccc(N)c(N(C)C2CCN(C)CC2)c1. The van der Waals surface area contributed by atoms with Crippen LogP contribution < -0.4 is 10.6 Å². The fourth-order valence-corrected chi connectivity index (χ4v) is 2.77. The first kappa shape index (κ1) is 15.6. The Morgan fingerprint density at radius 2 is 2.10 bits per heavy atom. The molecule has 1 aromatic carbocycles. The molecular weight excluding hydrogens is 266 g/mol. The van der Waals surface area contributed by atoms with E-state index in [9.17, 15) is 4.79 Å². The van der Waals surface area contributed by atoms with Crippen molar-refractivity contribution in [2.75, 3.05) is 44.4 Å². The van der Waals surface area contributed by atoms with Gasteiger partial charge in [0.25, 0.3) is 0 Å². The number of likely N-dealkylation sites (tertiary alicyclic amines) is 1. The van der Waals surface area contributed by atoms with Crippen molar-refractivity contribution >= 4 is 17.3 Å². The van der Waals surface area contributed by atoms with Crippen molar-refractivity contribution in [3.8, 4) is 0 Å². The van der Waals surface area contributed by atoms with Crippen LogP contribution in [0, 0.1) is 0 Å². The van der Waals surface area contributed by atoms with Gasteiger partial charge in [-0.25, -0.2) is 4.79 Å². The molecule has 0 unspecified atom stereocenters. The van der Waals surface area contributed by atoms with Crippen LogP contribution in [0.4, 0.5) is 11.4 Å². The number of hydrogen-bond acceptors (Lipinski definition) is 5. The van der Waals surface area contributed by atoms with Crippen LogP contribution in [0.5, 0.6) is 0 Å². The third-order valence-electron chi connectivity index (χ3n) is 4.16. The van der Waals surface area contributed by atoms with Gasteiger partial charge in [-0.1, -0.05) is 0 Å². The Kier molecular flexibility index (Phi) is 5.07. The van der Waals surface area contributed by atoms with Gasteiger partial charge >= 0.3 is 5.97 Å². The van der Waals surface area contributed by atoms with Crippen LogP contribution in [0.15, 0.2) is 18.2 Å². The molecule has 1 aliphatic rings. The summed E-state index contributed by atoms with van der Waals surface area (Å²) in [6.07, 6.45) is 2.21. The predicted octanol–water partition coefficient (Wildman–Crippen LogP) is 1.98. The zero-order valence-corrected chi connectivity index (χ0v) is 13.1. The number of ether oxygens (including phenoxy) is 1. The van der Waals surface area contributed by atoms with E-state index in [1.807, 2.05) is 6.07 Å². The molecule has 1 fully saturated rings. The van der Waals surface area contributed by atoms with Crippen molar-refractivity contribution in [2.24, 2.45) is 0 Å². The standard InChI is InChI=1S/C16H25N3O2/c1-4-21-16(20)12-5-6-14(17)15(11-12)19(3)13-7-9-18(2)10-8-13/h5-6,11,13H,4,7-10,17H2,1-3H3. The summed E-state index contributed by atoms with van der Waals surface area (Å²) in [7, 11) is 4.20. The van der Waals surface area contributed by atoms with Crippen molar-refractivity contribution in [3.05, 3.63) is 23.8 Å². The molecule has 5 heteroatoms. The minimum absolute atomic E-state index is 0.296. The zero-order chi connectivity index (χ0) is 15.4. The number of piperidine rings is 1. The van der Waals surface area contributed by atoms with Crippen molar-refractivity contribution in [1.29, 1.82) is 0 Å². The number of anilines is 2. The number of nitrogen functional groups attached to an aromatic ring is 1. The molecule has 0 spiro atoms. The second kappa shape index (κ2) is 6.80. The number of nitrogens with two attached hydrogens (primary N) is 1. The van der Waals surface area contributed by atoms with E-state index in [1.54, 1.807) is 19.1 Å². The van der Waals surface area contributed by atoms with Crippen LogP contribution >= 0.6 is 0 Å². The van der Waals surface area contributed by atoms with E-state index >= 15 is 0 Å². The summed E-state index contributed by atoms with van der Waals surface area (Å²) in [6.45, 7) is 4.36. The van der Waals surface area contributed by atoms with Gasteiger partial charge in [0.1, 0.15) is 0 Å². The van der Waals surface area contributed by atoms with Crippen LogP contribution in [0.3, 0.4) is 0 Å². The molecule has 0 bridgehead atoms. The van der Waals surface area contributed by atoms with Gasteiger partial charge in [-0.05, 0) is 58.1 Å². The quantitative estimate of drug-likeness (QED) is 0.679. The molecule has 0 atom stereocenters. The highest BCUT2D eigenvalue weighted by Gasteiger charge is 2.22. The molecule has 1 aliphatic heterocycles. The molecule has 1 heterocycles. The van der Waals surface area contributed by atoms with Gasteiger partial charge in [0, 0.05) is 13.1 Å². The molecule has 0 aliphatic carbocycles. The molecule has 0 amide bonds. The summed E-state index contributed by atoms with van der Waals surface area (Å²) in [5.41, 5.74) is 8.26. The smallest absolute Gasteiger partial charge is 0.338 e. The number of benzene rings is 1. The third-order valence-corrected chi connectivity index (χ3v) is 4.16. The normalized spacial score (nSPS) is 16.7. The summed E-state index contributed by atoms with van der Waals surface area (Å²) in [5.74, 6) is -0.296. The van der Waals surface area contributed by atoms with Crippen LogP contribution in [-0.2, 0) is 4.74 Å². The van der Waals surface area contributed by atoms with Crippen molar-refractivity contribution in [2.45, 2.75) is 25.8 Å². The van der Waals surface area contributed by atoms with Crippen molar-refractivity contribution in [3.63, 3.8) is 0 Å². The summed E-state index contributed by atoms with van der Waals surface area (Å²) in [6, 6.07) is 5.80. The summed E-state index contributed by atoms with van der Waals surface area (Å²) < 4.78 is 5.06. The molecule has 116 valence electrons. The molecule has 0 aromatic heterocycles. The lowest BCUT2D eigenvalue weighted by Gasteiger charge is -2.37. The highest BCUT2D eigenvalue weighted by atomic mass is 16.5. The fraction of sp³-hybridized carbons (Fsp3) is 0.562. The van der Waals surface area contributed by atoms with E-state index in [0.29, 0.717) is 23.9 Å². The number of rotatable bonds is 4. The van der Waals surface area contributed by atoms with Gasteiger partial charge in [0.05, 0.1) is 23.5 Å². The molecule has 1 aromatic rings. The first-order valence-corrected chi connectivity index (χ1v) is 7.51. The van der Waals surface area contributed by atoms with Gasteiger partial charge in [-0.3, -0.25) is 0 Å². The predicted molar refractivity (Wildman–Crippen MR) is 85.7 cm³/mol. The topological polar surface area (TPSA) is 58.8 Å². The molecular formula is C16H25N3O2. The van der Waals surface area contributed by atoms with Crippen molar-refractivity contribution in [1.82, 2.24) is 4.90 Å². The van der Waals surface area contributed by atoms with Gasteiger partial charge in [0.15, 0.2) is 0 Å². The number of esters is 1. The largest absolute Gasteiger partial charge is 0.462 e. The van der Waals surface area contributed by atoms with Gasteiger partial charge in [-0.2, -0.15) is 0 Å². The first-order chi connectivity index (χ1) is 10.0. The molecule has 2 rings (SSSR count). The minimum Gasteiger partial charge on any atom is -0.462 e. The second-order valence-corrected chi connectivity index (χ2v) is 5.64. The first-order valence-electron chi connectivity index (χ1n) is 7.51. The summed E-state index contributed by atoms with van der Waals surface area (Å²) >= 11 is 0. The van der Waals surface area contributed by atoms with E-state index in [1.165, 1.54) is 0 Å². The molecule has 2 N–H and O–H groups in total. The molecule has 1 saturated heterocycles. The van der Waals surface area contributed by atoms with Gasteiger partial charge < -0.3 is 20.3 Å². The Morgan fingerprint density at radius 3 is 2.71 bits per heavy atom. The molecule has 21 heavy (non-hydrogen) atoms. The Bertz CT molecular complexity index is 496. The van der Waals surface area contributed by atoms with Gasteiger partial charge in [-0.15, -0.1) is 0 Å². The van der Waals surface area contributed by atoms with Crippen LogP contribution in [-0.4, -0.2) is 50.7 Å². The lowest BCUT2D eigenvalue weighted by atomic mass is 10.0. The Hall–Kier alpha value is -1.75. The number of carbonyl (C=O) groups is 1. The zero-order valence-electron chi connectivity index (χ0n) is 13.1. The second-order valence-electron chi connectivity index (χ2n) is 5.64. The highest BCUT2D eigenvalue weighted by molar-refractivity contribution is 5.92. The monoisotopic (exact) mass is 291 g/mol. The minimum atomic E-state index is -0.296. The van der Waals surface area contributed by atoms with Crippen LogP contribution in [0.1, 0.15) is 30.1 Å². The molecule has 5 nitrogen and oxygen atoms in total. The van der Waals surface area contributed by atoms with Crippen LogP contribution in [0.2, 0.25) is 0 Å². The average molecular weight is 291 g/mol. The summed E-state index contributed by atoms with van der Waals surface area (Å²) in [4.78, 5) is 16.4. The van der Waals surface area contributed by atoms with E-state index in [0.717, 1.165) is 31.6 Å². The fourth-order valence-electron chi connectivity index (χ4n) is 2.77. The van der Waals surface area contributed by atoms with Crippen LogP contribution in [0.25, 0.3) is 0 Å². The lowest BCUT2D eigenvalue weighted by molar-refractivity contribution is 0.0526.